The van der Waals surface area contributed by atoms with E-state index in [2.05, 4.69) is 21.8 Å². The smallest absolute Gasteiger partial charge is 0.251 e. The topological polar surface area (TPSA) is 93.2 Å². The van der Waals surface area contributed by atoms with Crippen LogP contribution in [-0.2, 0) is 17.9 Å². The lowest BCUT2D eigenvalue weighted by molar-refractivity contribution is -0.117. The number of nitrogens with zero attached hydrogens (tertiary/aromatic N) is 3. The zero-order valence-corrected chi connectivity index (χ0v) is 13.9. The Morgan fingerprint density at radius 1 is 1.39 bits per heavy atom. The first-order valence-corrected chi connectivity index (χ1v) is 8.25. The van der Waals surface area contributed by atoms with Crippen LogP contribution in [0.4, 0.5) is 5.00 Å². The van der Waals surface area contributed by atoms with Gasteiger partial charge in [0.1, 0.15) is 10.8 Å². The fourth-order valence-corrected chi connectivity index (χ4v) is 3.57. The maximum atomic E-state index is 12.2. The number of nitrogens with two attached hydrogens (primary N) is 1. The molecular formula is C15H19N5O2S. The molecule has 1 aliphatic rings. The highest BCUT2D eigenvalue weighted by atomic mass is 32.1. The van der Waals surface area contributed by atoms with Gasteiger partial charge in [-0.15, -0.1) is 11.3 Å². The van der Waals surface area contributed by atoms with Gasteiger partial charge in [-0.2, -0.15) is 0 Å². The van der Waals surface area contributed by atoms with Crippen molar-refractivity contribution in [2.75, 3.05) is 18.4 Å². The second-order valence-electron chi connectivity index (χ2n) is 5.64. The van der Waals surface area contributed by atoms with Crippen LogP contribution in [0.25, 0.3) is 0 Å². The first-order valence-electron chi connectivity index (χ1n) is 7.38. The fraction of sp³-hybridized carbons (Fsp3) is 0.400. The van der Waals surface area contributed by atoms with Crippen LogP contribution < -0.4 is 11.1 Å². The monoisotopic (exact) mass is 333 g/mol. The Kier molecular flexibility index (Phi) is 4.18. The molecule has 2 amide bonds. The predicted octanol–water partition coefficient (Wildman–Crippen LogP) is 1.11. The molecule has 122 valence electrons. The largest absolute Gasteiger partial charge is 0.366 e. The summed E-state index contributed by atoms with van der Waals surface area (Å²) in [6.45, 7) is 6.61. The number of hydrogen-bond donors (Lipinski definition) is 2. The lowest BCUT2D eigenvalue weighted by atomic mass is 10.3. The van der Waals surface area contributed by atoms with Gasteiger partial charge in [0.15, 0.2) is 0 Å². The van der Waals surface area contributed by atoms with E-state index in [1.165, 1.54) is 17.0 Å². The Labute approximate surface area is 138 Å². The van der Waals surface area contributed by atoms with E-state index in [-0.39, 0.29) is 12.5 Å². The molecule has 1 aliphatic heterocycles. The van der Waals surface area contributed by atoms with Gasteiger partial charge in [-0.25, -0.2) is 4.98 Å². The summed E-state index contributed by atoms with van der Waals surface area (Å²) in [6, 6.07) is 1.62. The molecule has 0 spiro atoms. The van der Waals surface area contributed by atoms with Gasteiger partial charge in [0.05, 0.1) is 24.3 Å². The first kappa shape index (κ1) is 15.7. The van der Waals surface area contributed by atoms with Crippen molar-refractivity contribution < 1.29 is 9.59 Å². The number of primary amides is 1. The summed E-state index contributed by atoms with van der Waals surface area (Å²) in [5.74, 6) is 0.309. The highest BCUT2D eigenvalue weighted by Gasteiger charge is 2.22. The normalized spacial score (nSPS) is 14.5. The van der Waals surface area contributed by atoms with Gasteiger partial charge in [0.2, 0.25) is 5.91 Å². The molecule has 0 saturated carbocycles. The zero-order chi connectivity index (χ0) is 16.6. The van der Waals surface area contributed by atoms with Crippen molar-refractivity contribution in [3.63, 3.8) is 0 Å². The molecule has 0 bridgehead atoms. The summed E-state index contributed by atoms with van der Waals surface area (Å²) in [5.41, 5.74) is 7.86. The van der Waals surface area contributed by atoms with E-state index in [9.17, 15) is 9.59 Å². The van der Waals surface area contributed by atoms with E-state index < -0.39 is 5.91 Å². The number of thiophene rings is 1. The third kappa shape index (κ3) is 3.13. The SMILES string of the molecule is Cc1nc2n(c1C)CCN(CC(=O)Nc1sccc1C(N)=O)C2. The first-order chi connectivity index (χ1) is 11.0. The molecule has 23 heavy (non-hydrogen) atoms. The summed E-state index contributed by atoms with van der Waals surface area (Å²) in [5, 5.41) is 5.01. The van der Waals surface area contributed by atoms with E-state index in [1.807, 2.05) is 11.8 Å². The number of rotatable bonds is 4. The minimum Gasteiger partial charge on any atom is -0.366 e. The summed E-state index contributed by atoms with van der Waals surface area (Å²) in [7, 11) is 0. The van der Waals surface area contributed by atoms with E-state index in [4.69, 9.17) is 5.73 Å². The van der Waals surface area contributed by atoms with Crippen LogP contribution in [0, 0.1) is 13.8 Å². The van der Waals surface area contributed by atoms with Crippen molar-refractivity contribution in [2.45, 2.75) is 26.9 Å². The summed E-state index contributed by atoms with van der Waals surface area (Å²) in [4.78, 5) is 30.1. The van der Waals surface area contributed by atoms with E-state index >= 15 is 0 Å². The van der Waals surface area contributed by atoms with Crippen LogP contribution in [0.2, 0.25) is 0 Å². The van der Waals surface area contributed by atoms with E-state index in [0.29, 0.717) is 17.1 Å². The molecule has 0 saturated heterocycles. The Hall–Kier alpha value is -2.19. The van der Waals surface area contributed by atoms with E-state index in [0.717, 1.165) is 24.6 Å². The van der Waals surface area contributed by atoms with Crippen molar-refractivity contribution in [1.82, 2.24) is 14.5 Å². The molecule has 0 fully saturated rings. The highest BCUT2D eigenvalue weighted by Crippen LogP contribution is 2.23. The van der Waals surface area contributed by atoms with Gasteiger partial charge >= 0.3 is 0 Å². The van der Waals surface area contributed by atoms with Crippen LogP contribution in [0.3, 0.4) is 0 Å². The van der Waals surface area contributed by atoms with Crippen molar-refractivity contribution in [1.29, 1.82) is 0 Å². The van der Waals surface area contributed by atoms with Crippen molar-refractivity contribution in [3.05, 3.63) is 34.2 Å². The second-order valence-corrected chi connectivity index (χ2v) is 6.55. The third-order valence-electron chi connectivity index (χ3n) is 4.09. The molecule has 2 aromatic rings. The maximum Gasteiger partial charge on any atom is 0.251 e. The summed E-state index contributed by atoms with van der Waals surface area (Å²) < 4.78 is 2.20. The Morgan fingerprint density at radius 3 is 2.91 bits per heavy atom. The van der Waals surface area contributed by atoms with E-state index in [1.54, 1.807) is 11.4 Å². The van der Waals surface area contributed by atoms with Crippen LogP contribution >= 0.6 is 11.3 Å². The Morgan fingerprint density at radius 2 is 2.17 bits per heavy atom. The van der Waals surface area contributed by atoms with Crippen molar-refractivity contribution in [2.24, 2.45) is 5.73 Å². The van der Waals surface area contributed by atoms with Crippen LogP contribution in [-0.4, -0.2) is 39.4 Å². The van der Waals surface area contributed by atoms with Gasteiger partial charge in [0.25, 0.3) is 5.91 Å². The molecule has 3 heterocycles. The Balaban J connectivity index is 1.63. The van der Waals surface area contributed by atoms with Crippen molar-refractivity contribution in [3.8, 4) is 0 Å². The van der Waals surface area contributed by atoms with Gasteiger partial charge in [-0.3, -0.25) is 14.5 Å². The molecule has 0 atom stereocenters. The molecule has 8 heteroatoms. The number of fused-ring (bicyclic) bond motifs is 1. The Bertz CT molecular complexity index is 764. The number of anilines is 1. The maximum absolute atomic E-state index is 12.2. The molecule has 3 rings (SSSR count). The number of nitrogens with one attached hydrogen (secondary N) is 1. The molecule has 0 aliphatic carbocycles. The average molecular weight is 333 g/mol. The number of hydrogen-bond acceptors (Lipinski definition) is 5. The number of imidazole rings is 1. The van der Waals surface area contributed by atoms with Crippen LogP contribution in [0.5, 0.6) is 0 Å². The second kappa shape index (κ2) is 6.13. The quantitative estimate of drug-likeness (QED) is 0.876. The zero-order valence-electron chi connectivity index (χ0n) is 13.1. The number of carbonyl (C=O) groups excluding carboxylic acids is 2. The number of aryl methyl sites for hydroxylation is 1. The van der Waals surface area contributed by atoms with Gasteiger partial charge in [0, 0.05) is 18.8 Å². The minimum atomic E-state index is -0.535. The average Bonchev–Trinajstić information content (AvgIpc) is 3.04. The standard InChI is InChI=1S/C15H19N5O2S/c1-9-10(2)20-5-4-19(7-12(20)17-9)8-13(21)18-15-11(14(16)22)3-6-23-15/h3,6H,4-5,7-8H2,1-2H3,(H2,16,22)(H,18,21). The molecule has 0 aromatic carbocycles. The van der Waals surface area contributed by atoms with Gasteiger partial charge < -0.3 is 15.6 Å². The molecule has 7 nitrogen and oxygen atoms in total. The lowest BCUT2D eigenvalue weighted by Crippen LogP contribution is -2.39. The molecular weight excluding hydrogens is 314 g/mol. The summed E-state index contributed by atoms with van der Waals surface area (Å²) in [6.07, 6.45) is 0. The minimum absolute atomic E-state index is 0.150. The van der Waals surface area contributed by atoms with Crippen LogP contribution in [0.1, 0.15) is 27.6 Å². The predicted molar refractivity (Wildman–Crippen MR) is 88.4 cm³/mol. The van der Waals surface area contributed by atoms with Crippen LogP contribution in [0.15, 0.2) is 11.4 Å². The number of amides is 2. The van der Waals surface area contributed by atoms with Gasteiger partial charge in [-0.1, -0.05) is 0 Å². The summed E-state index contributed by atoms with van der Waals surface area (Å²) >= 11 is 1.29. The van der Waals surface area contributed by atoms with Crippen molar-refractivity contribution >= 4 is 28.2 Å². The molecule has 3 N–H and O–H groups in total. The van der Waals surface area contributed by atoms with Gasteiger partial charge in [-0.05, 0) is 25.3 Å². The lowest BCUT2D eigenvalue weighted by Gasteiger charge is -2.27. The molecule has 2 aromatic heterocycles. The fourth-order valence-electron chi connectivity index (χ4n) is 2.77. The molecule has 0 radical (unpaired) electrons. The third-order valence-corrected chi connectivity index (χ3v) is 4.92. The molecule has 0 unspecified atom stereocenters. The number of aromatic nitrogens is 2. The number of carbonyl (C=O) groups is 2. The highest BCUT2D eigenvalue weighted by molar-refractivity contribution is 7.14.